The summed E-state index contributed by atoms with van der Waals surface area (Å²) >= 11 is 0. The van der Waals surface area contributed by atoms with Crippen LogP contribution in [0.15, 0.2) is 54.7 Å². The molecule has 2 aromatic carbocycles. The molecule has 0 saturated carbocycles. The lowest BCUT2D eigenvalue weighted by atomic mass is 10.0. The van der Waals surface area contributed by atoms with E-state index in [1.807, 2.05) is 45.0 Å². The maximum atomic E-state index is 13.0. The Labute approximate surface area is 186 Å². The highest BCUT2D eigenvalue weighted by Crippen LogP contribution is 2.24. The zero-order valence-corrected chi connectivity index (χ0v) is 18.5. The van der Waals surface area contributed by atoms with Crippen molar-refractivity contribution in [2.45, 2.75) is 26.7 Å². The predicted molar refractivity (Wildman–Crippen MR) is 121 cm³/mol. The maximum Gasteiger partial charge on any atom is 0.325 e. The van der Waals surface area contributed by atoms with Crippen LogP contribution in [0.2, 0.25) is 0 Å². The van der Waals surface area contributed by atoms with Crippen LogP contribution in [0.4, 0.5) is 5.69 Å². The van der Waals surface area contributed by atoms with Gasteiger partial charge in [-0.2, -0.15) is 5.10 Å². The third kappa shape index (κ3) is 5.21. The molecule has 0 aliphatic rings. The van der Waals surface area contributed by atoms with Gasteiger partial charge in [-0.3, -0.25) is 14.4 Å². The lowest BCUT2D eigenvalue weighted by molar-refractivity contribution is -0.139. The lowest BCUT2D eigenvalue weighted by Crippen LogP contribution is -2.30. The SMILES string of the molecule is COC(=O)CNC(=O)c1cccc(NC(=O)c2cnn(-c3ccc(C)cc3)c2C(C)C)c1. The first-order chi connectivity index (χ1) is 15.3. The monoisotopic (exact) mass is 434 g/mol. The van der Waals surface area contributed by atoms with Crippen LogP contribution < -0.4 is 10.6 Å². The molecule has 0 fully saturated rings. The molecule has 0 aliphatic carbocycles. The molecule has 8 heteroatoms. The summed E-state index contributed by atoms with van der Waals surface area (Å²) in [5.74, 6) is -1.26. The number of rotatable bonds is 7. The number of amides is 2. The molecule has 0 bridgehead atoms. The van der Waals surface area contributed by atoms with Gasteiger partial charge in [-0.05, 0) is 43.2 Å². The minimum Gasteiger partial charge on any atom is -0.468 e. The molecule has 0 radical (unpaired) electrons. The predicted octanol–water partition coefficient (Wildman–Crippen LogP) is 3.46. The van der Waals surface area contributed by atoms with Crippen molar-refractivity contribution in [1.29, 1.82) is 0 Å². The number of nitrogens with one attached hydrogen (secondary N) is 2. The Morgan fingerprint density at radius 1 is 1.06 bits per heavy atom. The van der Waals surface area contributed by atoms with Crippen LogP contribution in [0.25, 0.3) is 5.69 Å². The van der Waals surface area contributed by atoms with Gasteiger partial charge in [0.05, 0.1) is 30.3 Å². The third-order valence-electron chi connectivity index (χ3n) is 4.88. The van der Waals surface area contributed by atoms with E-state index in [1.165, 1.54) is 7.11 Å². The van der Waals surface area contributed by atoms with Crippen molar-refractivity contribution in [3.8, 4) is 5.69 Å². The minimum absolute atomic E-state index is 0.0509. The summed E-state index contributed by atoms with van der Waals surface area (Å²) in [6.07, 6.45) is 1.55. The number of hydrogen-bond acceptors (Lipinski definition) is 5. The molecule has 3 rings (SSSR count). The van der Waals surface area contributed by atoms with E-state index in [1.54, 1.807) is 35.1 Å². The molecule has 1 aromatic heterocycles. The van der Waals surface area contributed by atoms with Crippen molar-refractivity contribution < 1.29 is 19.1 Å². The average molecular weight is 434 g/mol. The molecule has 32 heavy (non-hydrogen) atoms. The summed E-state index contributed by atoms with van der Waals surface area (Å²) in [6, 6.07) is 14.4. The highest BCUT2D eigenvalue weighted by atomic mass is 16.5. The van der Waals surface area contributed by atoms with Crippen LogP contribution in [-0.4, -0.2) is 41.2 Å². The molecular formula is C24H26N4O4. The van der Waals surface area contributed by atoms with Gasteiger partial charge in [0.2, 0.25) is 0 Å². The van der Waals surface area contributed by atoms with Gasteiger partial charge in [-0.15, -0.1) is 0 Å². The summed E-state index contributed by atoms with van der Waals surface area (Å²) in [4.78, 5) is 36.5. The molecule has 166 valence electrons. The van der Waals surface area contributed by atoms with Crippen molar-refractivity contribution in [2.75, 3.05) is 19.0 Å². The van der Waals surface area contributed by atoms with Crippen LogP contribution in [0.3, 0.4) is 0 Å². The first-order valence-corrected chi connectivity index (χ1v) is 10.2. The Kier molecular flexibility index (Phi) is 7.04. The second kappa shape index (κ2) is 9.91. The van der Waals surface area contributed by atoms with E-state index < -0.39 is 11.9 Å². The quantitative estimate of drug-likeness (QED) is 0.555. The van der Waals surface area contributed by atoms with E-state index in [2.05, 4.69) is 20.5 Å². The number of hydrogen-bond donors (Lipinski definition) is 2. The number of nitrogens with zero attached hydrogens (tertiary/aromatic N) is 2. The van der Waals surface area contributed by atoms with Gasteiger partial charge < -0.3 is 15.4 Å². The number of aromatic nitrogens is 2. The summed E-state index contributed by atoms with van der Waals surface area (Å²) in [7, 11) is 1.25. The first-order valence-electron chi connectivity index (χ1n) is 10.2. The smallest absolute Gasteiger partial charge is 0.325 e. The van der Waals surface area contributed by atoms with Gasteiger partial charge in [0.15, 0.2) is 0 Å². The Morgan fingerprint density at radius 2 is 1.78 bits per heavy atom. The van der Waals surface area contributed by atoms with Crippen molar-refractivity contribution in [2.24, 2.45) is 0 Å². The topological polar surface area (TPSA) is 102 Å². The van der Waals surface area contributed by atoms with Crippen molar-refractivity contribution in [1.82, 2.24) is 15.1 Å². The van der Waals surface area contributed by atoms with E-state index in [4.69, 9.17) is 0 Å². The Bertz CT molecular complexity index is 1130. The standard InChI is InChI=1S/C24H26N4O4/c1-15(2)22-20(13-26-28(22)19-10-8-16(3)9-11-19)24(31)27-18-7-5-6-17(12-18)23(30)25-14-21(29)32-4/h5-13,15H,14H2,1-4H3,(H,25,30)(H,27,31). The second-order valence-corrected chi connectivity index (χ2v) is 7.64. The summed E-state index contributed by atoms with van der Waals surface area (Å²) in [5.41, 5.74) is 4.03. The Balaban J connectivity index is 1.81. The van der Waals surface area contributed by atoms with E-state index >= 15 is 0 Å². The van der Waals surface area contributed by atoms with Crippen LogP contribution in [-0.2, 0) is 9.53 Å². The Morgan fingerprint density at radius 3 is 2.44 bits per heavy atom. The molecule has 2 N–H and O–H groups in total. The molecule has 0 atom stereocenters. The molecule has 0 saturated heterocycles. The minimum atomic E-state index is -0.547. The third-order valence-corrected chi connectivity index (χ3v) is 4.88. The first kappa shape index (κ1) is 22.7. The molecule has 0 aliphatic heterocycles. The van der Waals surface area contributed by atoms with Crippen molar-refractivity contribution in [3.63, 3.8) is 0 Å². The summed E-state index contributed by atoms with van der Waals surface area (Å²) in [5, 5.41) is 9.75. The normalized spacial score (nSPS) is 10.7. The summed E-state index contributed by atoms with van der Waals surface area (Å²) in [6.45, 7) is 5.79. The molecule has 1 heterocycles. The van der Waals surface area contributed by atoms with Crippen LogP contribution in [0, 0.1) is 6.92 Å². The van der Waals surface area contributed by atoms with Crippen molar-refractivity contribution >= 4 is 23.5 Å². The Hall–Kier alpha value is -3.94. The van der Waals surface area contributed by atoms with E-state index in [0.29, 0.717) is 16.8 Å². The van der Waals surface area contributed by atoms with Crippen LogP contribution in [0.5, 0.6) is 0 Å². The van der Waals surface area contributed by atoms with Gasteiger partial charge in [0.25, 0.3) is 11.8 Å². The fourth-order valence-corrected chi connectivity index (χ4v) is 3.24. The number of esters is 1. The zero-order chi connectivity index (χ0) is 23.3. The van der Waals surface area contributed by atoms with E-state index in [0.717, 1.165) is 16.9 Å². The molecule has 0 unspecified atom stereocenters. The van der Waals surface area contributed by atoms with Gasteiger partial charge in [0.1, 0.15) is 6.54 Å². The number of ether oxygens (including phenoxy) is 1. The summed E-state index contributed by atoms with van der Waals surface area (Å²) < 4.78 is 6.29. The molecular weight excluding hydrogens is 408 g/mol. The number of methoxy groups -OCH3 is 1. The maximum absolute atomic E-state index is 13.0. The number of aryl methyl sites for hydroxylation is 1. The van der Waals surface area contributed by atoms with Gasteiger partial charge in [0, 0.05) is 11.3 Å². The number of benzene rings is 2. The molecule has 3 aromatic rings. The number of anilines is 1. The van der Waals surface area contributed by atoms with Gasteiger partial charge in [-0.25, -0.2) is 4.68 Å². The van der Waals surface area contributed by atoms with Crippen molar-refractivity contribution in [3.05, 3.63) is 77.1 Å². The largest absolute Gasteiger partial charge is 0.468 e. The van der Waals surface area contributed by atoms with E-state index in [9.17, 15) is 14.4 Å². The van der Waals surface area contributed by atoms with Crippen LogP contribution >= 0.6 is 0 Å². The molecule has 0 spiro atoms. The highest BCUT2D eigenvalue weighted by molar-refractivity contribution is 6.06. The van der Waals surface area contributed by atoms with Gasteiger partial charge in [-0.1, -0.05) is 37.6 Å². The number of carbonyl (C=O) groups excluding carboxylic acids is 3. The zero-order valence-electron chi connectivity index (χ0n) is 18.5. The van der Waals surface area contributed by atoms with E-state index in [-0.39, 0.29) is 18.4 Å². The van der Waals surface area contributed by atoms with Gasteiger partial charge >= 0.3 is 5.97 Å². The average Bonchev–Trinajstić information content (AvgIpc) is 3.23. The molecule has 8 nitrogen and oxygen atoms in total. The van der Waals surface area contributed by atoms with Crippen LogP contribution in [0.1, 0.15) is 51.7 Å². The fourth-order valence-electron chi connectivity index (χ4n) is 3.24. The molecule has 2 amide bonds. The lowest BCUT2D eigenvalue weighted by Gasteiger charge is -2.13. The number of carbonyl (C=O) groups is 3. The second-order valence-electron chi connectivity index (χ2n) is 7.64. The fraction of sp³-hybridized carbons (Fsp3) is 0.250. The highest BCUT2D eigenvalue weighted by Gasteiger charge is 2.21.